The molecule has 1 saturated heterocycles. The van der Waals surface area contributed by atoms with Gasteiger partial charge in [0.1, 0.15) is 12.7 Å². The summed E-state index contributed by atoms with van der Waals surface area (Å²) in [5.41, 5.74) is 2.78. The molecule has 1 aliphatic rings. The van der Waals surface area contributed by atoms with E-state index in [1.807, 2.05) is 25.1 Å². The Hall–Kier alpha value is -5.23. The lowest BCUT2D eigenvalue weighted by atomic mass is 9.96. The first-order valence-electron chi connectivity index (χ1n) is 14.6. The van der Waals surface area contributed by atoms with Gasteiger partial charge in [0.15, 0.2) is 30.4 Å². The minimum atomic E-state index is -1.21. The second-order valence-electron chi connectivity index (χ2n) is 10.0. The maximum Gasteiger partial charge on any atom is 0.303 e. The topological polar surface area (TPSA) is 132 Å². The van der Waals surface area contributed by atoms with Crippen molar-refractivity contribution in [2.24, 2.45) is 0 Å². The highest BCUT2D eigenvalue weighted by atomic mass is 16.7. The quantitative estimate of drug-likeness (QED) is 0.149. The Balaban J connectivity index is 1.56. The Morgan fingerprint density at radius 3 is 1.70 bits per heavy atom. The first-order chi connectivity index (χ1) is 22.2. The van der Waals surface area contributed by atoms with Gasteiger partial charge in [-0.1, -0.05) is 36.7 Å². The van der Waals surface area contributed by atoms with Crippen LogP contribution in [-0.4, -0.2) is 71.8 Å². The van der Waals surface area contributed by atoms with Crippen LogP contribution in [0.1, 0.15) is 56.4 Å². The monoisotopic (exact) mass is 626 g/mol. The molecule has 1 aromatic carbocycles. The summed E-state index contributed by atoms with van der Waals surface area (Å²) in [5.74, 6) is 11.1. The minimum absolute atomic E-state index is 0.0206. The molecule has 11 heteroatoms. The number of benzene rings is 1. The van der Waals surface area contributed by atoms with Gasteiger partial charge < -0.3 is 28.4 Å². The molecule has 46 heavy (non-hydrogen) atoms. The molecule has 0 radical (unpaired) electrons. The number of aromatic nitrogens is 2. The van der Waals surface area contributed by atoms with Gasteiger partial charge in [-0.15, -0.1) is 0 Å². The summed E-state index contributed by atoms with van der Waals surface area (Å²) >= 11 is 0. The fourth-order valence-corrected chi connectivity index (χ4v) is 4.66. The fourth-order valence-electron chi connectivity index (χ4n) is 4.66. The minimum Gasteiger partial charge on any atom is -0.489 e. The molecule has 0 bridgehead atoms. The zero-order valence-corrected chi connectivity index (χ0v) is 25.9. The Morgan fingerprint density at radius 2 is 1.20 bits per heavy atom. The predicted octanol–water partition coefficient (Wildman–Crippen LogP) is 3.60. The number of rotatable bonds is 9. The van der Waals surface area contributed by atoms with Crippen molar-refractivity contribution in [3.05, 3.63) is 89.5 Å². The van der Waals surface area contributed by atoms with Crippen LogP contribution in [0.4, 0.5) is 0 Å². The maximum absolute atomic E-state index is 12.0. The molecule has 1 fully saturated rings. The highest BCUT2D eigenvalue weighted by Gasteiger charge is 2.51. The number of nitrogens with zero attached hydrogens (tertiary/aromatic N) is 2. The van der Waals surface area contributed by atoms with Crippen LogP contribution in [-0.2, 0) is 38.1 Å². The smallest absolute Gasteiger partial charge is 0.303 e. The van der Waals surface area contributed by atoms with Crippen molar-refractivity contribution in [1.82, 2.24) is 9.97 Å². The van der Waals surface area contributed by atoms with Crippen LogP contribution in [0.2, 0.25) is 0 Å². The lowest BCUT2D eigenvalue weighted by molar-refractivity contribution is -0.304. The van der Waals surface area contributed by atoms with E-state index in [0.717, 1.165) is 11.1 Å². The molecule has 4 rings (SSSR count). The van der Waals surface area contributed by atoms with Crippen molar-refractivity contribution in [2.45, 2.75) is 64.8 Å². The molecule has 0 spiro atoms. The van der Waals surface area contributed by atoms with Gasteiger partial charge >= 0.3 is 17.9 Å². The number of para-hydroxylation sites is 1. The third-order valence-electron chi connectivity index (χ3n) is 6.57. The molecule has 0 N–H and O–H groups in total. The van der Waals surface area contributed by atoms with Crippen molar-refractivity contribution in [3.8, 4) is 29.4 Å². The normalized spacial score (nSPS) is 20.1. The summed E-state index contributed by atoms with van der Waals surface area (Å²) in [5, 5.41) is 0. The lowest BCUT2D eigenvalue weighted by Gasteiger charge is -2.44. The molecule has 3 heterocycles. The van der Waals surface area contributed by atoms with Crippen LogP contribution < -0.4 is 4.74 Å². The van der Waals surface area contributed by atoms with E-state index in [4.69, 9.17) is 28.4 Å². The maximum atomic E-state index is 12.0. The zero-order valence-electron chi connectivity index (χ0n) is 25.9. The standard InChI is InChI=1S/C35H34N2O9/c1-5-30-32(43-23(2)38)33(44-24(3)39)34(45-25(4)40)35(46-30)42-22-21-41-31-28(11-9-26-13-17-36-18-14-26)7-6-8-29(31)12-10-27-15-19-37-20-16-27/h6-8,13-20,30,32-35H,5,21-22H2,1-4H3/t30?,32-,33+,34?,35-/m1/s1. The predicted molar refractivity (Wildman–Crippen MR) is 164 cm³/mol. The fraction of sp³-hybridized carbons (Fsp3) is 0.343. The van der Waals surface area contributed by atoms with Crippen LogP contribution in [0, 0.1) is 23.7 Å². The number of ether oxygens (including phenoxy) is 6. The molecule has 0 amide bonds. The third-order valence-corrected chi connectivity index (χ3v) is 6.57. The number of pyridine rings is 2. The molecule has 11 nitrogen and oxygen atoms in total. The van der Waals surface area contributed by atoms with E-state index in [2.05, 4.69) is 33.6 Å². The van der Waals surface area contributed by atoms with Gasteiger partial charge in [-0.2, -0.15) is 0 Å². The zero-order chi connectivity index (χ0) is 32.9. The third kappa shape index (κ3) is 9.63. The number of carbonyl (C=O) groups is 3. The van der Waals surface area contributed by atoms with Crippen molar-refractivity contribution in [1.29, 1.82) is 0 Å². The molecular formula is C35H34N2O9. The highest BCUT2D eigenvalue weighted by molar-refractivity contribution is 5.68. The van der Waals surface area contributed by atoms with E-state index in [0.29, 0.717) is 23.3 Å². The lowest BCUT2D eigenvalue weighted by Crippen LogP contribution is -2.61. The largest absolute Gasteiger partial charge is 0.489 e. The summed E-state index contributed by atoms with van der Waals surface area (Å²) < 4.78 is 34.7. The Kier molecular flexibility index (Phi) is 12.2. The van der Waals surface area contributed by atoms with Crippen molar-refractivity contribution >= 4 is 17.9 Å². The van der Waals surface area contributed by atoms with Gasteiger partial charge in [0.05, 0.1) is 17.7 Å². The molecule has 238 valence electrons. The van der Waals surface area contributed by atoms with Crippen LogP contribution in [0.25, 0.3) is 0 Å². The summed E-state index contributed by atoms with van der Waals surface area (Å²) in [7, 11) is 0. The number of hydrogen-bond acceptors (Lipinski definition) is 11. The summed E-state index contributed by atoms with van der Waals surface area (Å²) in [6.45, 7) is 5.47. The Labute approximate surface area is 267 Å². The molecule has 2 aromatic heterocycles. The number of hydrogen-bond donors (Lipinski definition) is 0. The van der Waals surface area contributed by atoms with Crippen molar-refractivity contribution in [3.63, 3.8) is 0 Å². The van der Waals surface area contributed by atoms with E-state index < -0.39 is 48.6 Å². The van der Waals surface area contributed by atoms with E-state index in [-0.39, 0.29) is 13.2 Å². The van der Waals surface area contributed by atoms with Crippen molar-refractivity contribution < 1.29 is 42.8 Å². The van der Waals surface area contributed by atoms with Gasteiger partial charge in [-0.25, -0.2) is 0 Å². The molecule has 0 aliphatic carbocycles. The molecule has 3 aromatic rings. The first-order valence-corrected chi connectivity index (χ1v) is 14.6. The summed E-state index contributed by atoms with van der Waals surface area (Å²) in [6, 6.07) is 12.7. The van der Waals surface area contributed by atoms with E-state index in [9.17, 15) is 14.4 Å². The van der Waals surface area contributed by atoms with E-state index in [1.54, 1.807) is 49.1 Å². The van der Waals surface area contributed by atoms with Crippen molar-refractivity contribution in [2.75, 3.05) is 13.2 Å². The first kappa shape index (κ1) is 33.7. The van der Waals surface area contributed by atoms with Gasteiger partial charge in [0.25, 0.3) is 0 Å². The molecule has 0 saturated carbocycles. The average Bonchev–Trinajstić information content (AvgIpc) is 3.04. The molecule has 5 atom stereocenters. The second-order valence-corrected chi connectivity index (χ2v) is 10.0. The van der Waals surface area contributed by atoms with Gasteiger partial charge in [-0.3, -0.25) is 24.4 Å². The van der Waals surface area contributed by atoms with Crippen LogP contribution in [0.5, 0.6) is 5.75 Å². The number of carbonyl (C=O) groups excluding carboxylic acids is 3. The van der Waals surface area contributed by atoms with Gasteiger partial charge in [-0.05, 0) is 42.8 Å². The van der Waals surface area contributed by atoms with Crippen LogP contribution in [0.3, 0.4) is 0 Å². The van der Waals surface area contributed by atoms with Gasteiger partial charge in [0, 0.05) is 56.7 Å². The Bertz CT molecular complexity index is 1550. The second kappa shape index (κ2) is 16.7. The van der Waals surface area contributed by atoms with Crippen LogP contribution in [0.15, 0.2) is 67.3 Å². The molecule has 2 unspecified atom stereocenters. The SMILES string of the molecule is CCC1O[C@@H](OCCOc2c(C#Cc3ccncc3)cccc2C#Cc2ccncc2)C(OC(C)=O)[C@@H](OC(C)=O)[C@@H]1OC(C)=O. The van der Waals surface area contributed by atoms with E-state index >= 15 is 0 Å². The van der Waals surface area contributed by atoms with E-state index in [1.165, 1.54) is 20.8 Å². The van der Waals surface area contributed by atoms with Gasteiger partial charge in [0.2, 0.25) is 0 Å². The Morgan fingerprint density at radius 1 is 0.696 bits per heavy atom. The molecule has 1 aliphatic heterocycles. The summed E-state index contributed by atoms with van der Waals surface area (Å²) in [6.07, 6.45) is 1.80. The molecular weight excluding hydrogens is 592 g/mol. The highest BCUT2D eigenvalue weighted by Crippen LogP contribution is 2.31. The average molecular weight is 627 g/mol. The summed E-state index contributed by atoms with van der Waals surface area (Å²) in [4.78, 5) is 44.0. The number of esters is 3. The van der Waals surface area contributed by atoms with Crippen LogP contribution >= 0.6 is 0 Å².